The average molecular weight is 386 g/mol. The number of carboxylic acids is 1. The molecule has 8 heteroatoms. The number of rotatable bonds is 0. The van der Waals surface area contributed by atoms with E-state index in [0.29, 0.717) is 0 Å². The number of alkyl halides is 3. The van der Waals surface area contributed by atoms with E-state index in [0.717, 1.165) is 27.6 Å². The number of nitrogens with zero attached hydrogens (tertiary/aromatic N) is 2. The number of furan rings is 1. The summed E-state index contributed by atoms with van der Waals surface area (Å²) in [7, 11) is 2.07. The van der Waals surface area contributed by atoms with E-state index in [1.165, 1.54) is 10.9 Å². The number of aryl methyl sites for hydroxylation is 1. The van der Waals surface area contributed by atoms with Crippen molar-refractivity contribution >= 4 is 44.5 Å². The number of carbonyl (C=O) groups is 1. The van der Waals surface area contributed by atoms with Crippen LogP contribution in [0.2, 0.25) is 0 Å². The van der Waals surface area contributed by atoms with Crippen LogP contribution in [0.3, 0.4) is 0 Å². The fraction of sp³-hybridized carbons (Fsp3) is 0.100. The molecule has 2 aromatic carbocycles. The minimum atomic E-state index is -5.19. The van der Waals surface area contributed by atoms with E-state index in [-0.39, 0.29) is 0 Å². The summed E-state index contributed by atoms with van der Waals surface area (Å²) >= 11 is 0. The molecule has 3 aromatic heterocycles. The van der Waals surface area contributed by atoms with Gasteiger partial charge in [-0.05, 0) is 18.2 Å². The standard InChI is InChI=1S/C18H13N2O.C2HF3O2/c1-19-10-11-20-14-8-4-2-6-12(14)17-16(18(19)20)13-7-3-5-9-15(13)21-17;3-2(4,5)1(6)7/h2-11H,1H3;(H,6,7)/q+1;/p-1. The lowest BCUT2D eigenvalue weighted by molar-refractivity contribution is -0.643. The van der Waals surface area contributed by atoms with Crippen LogP contribution in [-0.2, 0) is 11.8 Å². The molecular weight excluding hydrogens is 373 g/mol. The highest BCUT2D eigenvalue weighted by Gasteiger charge is 2.28. The minimum Gasteiger partial charge on any atom is -0.542 e. The first-order valence-electron chi connectivity index (χ1n) is 8.26. The smallest absolute Gasteiger partial charge is 0.430 e. The summed E-state index contributed by atoms with van der Waals surface area (Å²) in [5.74, 6) is -3.01. The molecule has 0 amide bonds. The normalized spacial score (nSPS) is 11.9. The Labute approximate surface area is 155 Å². The number of aromatic nitrogens is 2. The van der Waals surface area contributed by atoms with Gasteiger partial charge in [-0.2, -0.15) is 17.6 Å². The third-order valence-electron chi connectivity index (χ3n) is 4.46. The van der Waals surface area contributed by atoms with Gasteiger partial charge in [-0.3, -0.25) is 0 Å². The number of hydrogen-bond acceptors (Lipinski definition) is 3. The van der Waals surface area contributed by atoms with Gasteiger partial charge in [0.15, 0.2) is 5.58 Å². The van der Waals surface area contributed by atoms with Gasteiger partial charge in [0.1, 0.15) is 34.8 Å². The molecule has 0 spiro atoms. The number of benzene rings is 2. The molecule has 5 rings (SSSR count). The summed E-state index contributed by atoms with van der Waals surface area (Å²) in [6, 6.07) is 16.6. The number of imidazole rings is 1. The highest BCUT2D eigenvalue weighted by atomic mass is 19.4. The number of carbonyl (C=O) groups excluding carboxylic acids is 1. The van der Waals surface area contributed by atoms with E-state index in [4.69, 9.17) is 14.3 Å². The minimum absolute atomic E-state index is 0.937. The van der Waals surface area contributed by atoms with Gasteiger partial charge in [-0.25, -0.2) is 4.57 Å². The molecule has 0 aliphatic heterocycles. The quantitative estimate of drug-likeness (QED) is 0.384. The Kier molecular flexibility index (Phi) is 3.99. The van der Waals surface area contributed by atoms with Gasteiger partial charge in [0.05, 0.1) is 12.4 Å². The van der Waals surface area contributed by atoms with Crippen molar-refractivity contribution in [2.45, 2.75) is 6.18 Å². The largest absolute Gasteiger partial charge is 0.542 e. The van der Waals surface area contributed by atoms with E-state index in [9.17, 15) is 13.2 Å². The van der Waals surface area contributed by atoms with Crippen molar-refractivity contribution in [1.29, 1.82) is 0 Å². The van der Waals surface area contributed by atoms with E-state index in [1.54, 1.807) is 0 Å². The summed E-state index contributed by atoms with van der Waals surface area (Å²) in [5, 5.41) is 12.3. The molecule has 5 nitrogen and oxygen atoms in total. The number of para-hydroxylation sites is 2. The fourth-order valence-corrected chi connectivity index (χ4v) is 3.30. The summed E-state index contributed by atoms with van der Waals surface area (Å²) in [6.45, 7) is 0. The third kappa shape index (κ3) is 2.74. The van der Waals surface area contributed by atoms with Gasteiger partial charge in [0.2, 0.25) is 0 Å². The maximum absolute atomic E-state index is 10.5. The monoisotopic (exact) mass is 386 g/mol. The van der Waals surface area contributed by atoms with Crippen LogP contribution in [0.25, 0.3) is 38.5 Å². The first-order valence-corrected chi connectivity index (χ1v) is 8.26. The number of carboxylic acid groups (broad SMARTS) is 1. The molecule has 0 N–H and O–H groups in total. The van der Waals surface area contributed by atoms with Crippen LogP contribution in [0, 0.1) is 0 Å². The lowest BCUT2D eigenvalue weighted by atomic mass is 10.1. The molecule has 0 aliphatic carbocycles. The zero-order valence-corrected chi connectivity index (χ0v) is 14.5. The van der Waals surface area contributed by atoms with Crippen molar-refractivity contribution in [3.63, 3.8) is 0 Å². The summed E-state index contributed by atoms with van der Waals surface area (Å²) in [5.41, 5.74) is 4.23. The van der Waals surface area contributed by atoms with Crippen LogP contribution < -0.4 is 9.67 Å². The zero-order chi connectivity index (χ0) is 20.1. The third-order valence-corrected chi connectivity index (χ3v) is 4.46. The molecule has 0 unspecified atom stereocenters. The summed E-state index contributed by atoms with van der Waals surface area (Å²) in [6.07, 6.45) is -0.998. The first kappa shape index (κ1) is 17.8. The van der Waals surface area contributed by atoms with Crippen LogP contribution in [0.5, 0.6) is 0 Å². The molecule has 0 bridgehead atoms. The Bertz CT molecular complexity index is 1350. The SMILES string of the molecule is C[n+]1ccn2c3ccccc3c3oc4ccccc4c3c21.O=C([O-])C(F)(F)F. The average Bonchev–Trinajstić information content (AvgIpc) is 3.22. The van der Waals surface area contributed by atoms with Crippen molar-refractivity contribution in [2.24, 2.45) is 7.05 Å². The molecule has 5 aromatic rings. The molecular formula is C20H13F3N2O3. The van der Waals surface area contributed by atoms with Gasteiger partial charge >= 0.3 is 6.18 Å². The second-order valence-electron chi connectivity index (χ2n) is 6.21. The molecule has 0 aliphatic rings. The molecule has 0 fully saturated rings. The predicted molar refractivity (Wildman–Crippen MR) is 94.4 cm³/mol. The maximum Gasteiger partial charge on any atom is 0.430 e. The topological polar surface area (TPSA) is 61.6 Å². The van der Waals surface area contributed by atoms with E-state index in [1.807, 2.05) is 12.1 Å². The Morgan fingerprint density at radius 1 is 1.07 bits per heavy atom. The molecule has 0 radical (unpaired) electrons. The number of fused-ring (bicyclic) bond motifs is 8. The Morgan fingerprint density at radius 3 is 2.36 bits per heavy atom. The molecule has 0 atom stereocenters. The van der Waals surface area contributed by atoms with Crippen molar-refractivity contribution in [3.8, 4) is 0 Å². The van der Waals surface area contributed by atoms with E-state index >= 15 is 0 Å². The fourth-order valence-electron chi connectivity index (χ4n) is 3.30. The van der Waals surface area contributed by atoms with Gasteiger partial charge in [0.25, 0.3) is 5.65 Å². The van der Waals surface area contributed by atoms with Gasteiger partial charge in [-0.1, -0.05) is 30.3 Å². The van der Waals surface area contributed by atoms with Crippen LogP contribution in [0.15, 0.2) is 65.3 Å². The number of hydrogen-bond donors (Lipinski definition) is 0. The molecule has 3 heterocycles. The lowest BCUT2D eigenvalue weighted by Crippen LogP contribution is -2.37. The summed E-state index contributed by atoms with van der Waals surface area (Å²) in [4.78, 5) is 8.78. The molecule has 28 heavy (non-hydrogen) atoms. The number of halogens is 3. The second kappa shape index (κ2) is 6.26. The van der Waals surface area contributed by atoms with Gasteiger partial charge < -0.3 is 14.3 Å². The van der Waals surface area contributed by atoms with Crippen LogP contribution in [-0.4, -0.2) is 16.5 Å². The maximum atomic E-state index is 10.5. The Morgan fingerprint density at radius 2 is 1.68 bits per heavy atom. The van der Waals surface area contributed by atoms with Crippen molar-refractivity contribution in [1.82, 2.24) is 4.40 Å². The van der Waals surface area contributed by atoms with Crippen LogP contribution in [0.4, 0.5) is 13.2 Å². The van der Waals surface area contributed by atoms with Crippen molar-refractivity contribution in [3.05, 3.63) is 60.9 Å². The van der Waals surface area contributed by atoms with Gasteiger partial charge in [0, 0.05) is 5.39 Å². The Balaban J connectivity index is 0.000000239. The van der Waals surface area contributed by atoms with E-state index < -0.39 is 12.1 Å². The van der Waals surface area contributed by atoms with E-state index in [2.05, 4.69) is 64.8 Å². The zero-order valence-electron chi connectivity index (χ0n) is 14.5. The second-order valence-corrected chi connectivity index (χ2v) is 6.21. The van der Waals surface area contributed by atoms with Crippen LogP contribution >= 0.6 is 0 Å². The molecule has 0 saturated heterocycles. The molecule has 0 saturated carbocycles. The van der Waals surface area contributed by atoms with Gasteiger partial charge in [-0.15, -0.1) is 0 Å². The first-order chi connectivity index (χ1) is 13.3. The Hall–Kier alpha value is -3.55. The predicted octanol–water partition coefficient (Wildman–Crippen LogP) is 3.12. The highest BCUT2D eigenvalue weighted by molar-refractivity contribution is 6.19. The number of aliphatic carboxylic acids is 1. The molecule has 142 valence electrons. The van der Waals surface area contributed by atoms with Crippen molar-refractivity contribution in [2.75, 3.05) is 0 Å². The highest BCUT2D eigenvalue weighted by Crippen LogP contribution is 2.35. The lowest BCUT2D eigenvalue weighted by Gasteiger charge is -2.03. The van der Waals surface area contributed by atoms with Crippen LogP contribution in [0.1, 0.15) is 0 Å². The summed E-state index contributed by atoms with van der Waals surface area (Å²) < 4.78 is 42.1. The number of pyridine rings is 1. The van der Waals surface area contributed by atoms with Crippen molar-refractivity contribution < 1.29 is 32.1 Å².